The van der Waals surface area contributed by atoms with Crippen LogP contribution in [-0.4, -0.2) is 61.8 Å². The van der Waals surface area contributed by atoms with Crippen molar-refractivity contribution in [3.8, 4) is 0 Å². The Kier molecular flexibility index (Phi) is 6.79. The van der Waals surface area contributed by atoms with Crippen LogP contribution in [0.2, 0.25) is 5.02 Å². The molecule has 1 atom stereocenters. The number of hydrogen-bond donors (Lipinski definition) is 3. The van der Waals surface area contributed by atoms with E-state index in [1.54, 1.807) is 18.3 Å². The summed E-state index contributed by atoms with van der Waals surface area (Å²) in [5, 5.41) is 24.3. The number of nitrogens with one attached hydrogen (secondary N) is 1. The van der Waals surface area contributed by atoms with E-state index in [0.29, 0.717) is 41.0 Å². The van der Waals surface area contributed by atoms with Crippen LogP contribution in [0.25, 0.3) is 10.9 Å². The Balaban J connectivity index is 1.66. The average molecular weight is 526 g/mol. The summed E-state index contributed by atoms with van der Waals surface area (Å²) >= 11 is 6.52. The first-order chi connectivity index (χ1) is 16.7. The molecule has 0 unspecified atom stereocenters. The molecule has 1 aromatic carbocycles. The van der Waals surface area contributed by atoms with Crippen molar-refractivity contribution in [3.63, 3.8) is 0 Å². The molecule has 2 aliphatic rings. The minimum absolute atomic E-state index is 0.0953. The number of amides is 2. The Labute approximate surface area is 214 Å². The fourth-order valence-electron chi connectivity index (χ4n) is 5.83. The van der Waals surface area contributed by atoms with E-state index in [0.717, 1.165) is 6.42 Å². The third kappa shape index (κ3) is 4.79. The number of alkyl halides is 2. The van der Waals surface area contributed by atoms with Crippen molar-refractivity contribution in [2.24, 2.45) is 5.41 Å². The Morgan fingerprint density at radius 3 is 2.42 bits per heavy atom. The number of benzene rings is 1. The lowest BCUT2D eigenvalue weighted by atomic mass is 9.71. The number of halogens is 3. The molecule has 4 rings (SSSR count). The van der Waals surface area contributed by atoms with Crippen molar-refractivity contribution in [1.82, 2.24) is 14.8 Å². The third-order valence-corrected chi connectivity index (χ3v) is 8.45. The number of fused-ring (bicyclic) bond motifs is 1. The van der Waals surface area contributed by atoms with Gasteiger partial charge in [-0.15, -0.1) is 0 Å². The van der Waals surface area contributed by atoms with Crippen LogP contribution in [-0.2, 0) is 6.54 Å². The lowest BCUT2D eigenvalue weighted by Crippen LogP contribution is -2.57. The van der Waals surface area contributed by atoms with Crippen LogP contribution in [0.1, 0.15) is 69.7 Å². The molecule has 3 N–H and O–H groups in total. The first kappa shape index (κ1) is 26.7. The van der Waals surface area contributed by atoms with Crippen molar-refractivity contribution in [1.29, 1.82) is 0 Å². The second kappa shape index (κ2) is 9.17. The number of aromatic nitrogens is 1. The molecule has 198 valence electrons. The molecule has 2 fully saturated rings. The predicted octanol–water partition coefficient (Wildman–Crippen LogP) is 5.52. The van der Waals surface area contributed by atoms with E-state index in [9.17, 15) is 28.6 Å². The summed E-state index contributed by atoms with van der Waals surface area (Å²) in [5.41, 5.74) is -1.47. The van der Waals surface area contributed by atoms with E-state index < -0.39 is 41.9 Å². The Bertz CT molecular complexity index is 1170. The fourth-order valence-corrected chi connectivity index (χ4v) is 6.10. The number of carbonyl (C=O) groups is 2. The highest BCUT2D eigenvalue weighted by molar-refractivity contribution is 6.36. The minimum atomic E-state index is -2.79. The SMILES string of the molecule is CC(C)(C)[C@]1(Cn2cc(C(=O)NCC3(O)CCC(F)(F)CC3)c3c(Cl)cccc32)CCCN1C(=O)O. The number of nitrogens with zero attached hydrogens (tertiary/aromatic N) is 2. The first-order valence-corrected chi connectivity index (χ1v) is 12.7. The molecule has 10 heteroatoms. The molecule has 0 bridgehead atoms. The number of carbonyl (C=O) groups excluding carboxylic acids is 1. The summed E-state index contributed by atoms with van der Waals surface area (Å²) in [6.07, 6.45) is 1.11. The van der Waals surface area contributed by atoms with Gasteiger partial charge in [-0.25, -0.2) is 13.6 Å². The maximum Gasteiger partial charge on any atom is 0.407 e. The second-order valence-electron chi connectivity index (χ2n) is 11.4. The maximum atomic E-state index is 13.5. The van der Waals surface area contributed by atoms with E-state index >= 15 is 0 Å². The molecular weight excluding hydrogens is 492 g/mol. The van der Waals surface area contributed by atoms with Gasteiger partial charge in [0.1, 0.15) is 0 Å². The Hall–Kier alpha value is -2.39. The summed E-state index contributed by atoms with van der Waals surface area (Å²) in [7, 11) is 0. The van der Waals surface area contributed by atoms with E-state index in [1.807, 2.05) is 31.4 Å². The average Bonchev–Trinajstić information content (AvgIpc) is 3.38. The van der Waals surface area contributed by atoms with E-state index in [2.05, 4.69) is 5.32 Å². The molecule has 2 aromatic rings. The van der Waals surface area contributed by atoms with Gasteiger partial charge in [0, 0.05) is 44.1 Å². The highest BCUT2D eigenvalue weighted by Crippen LogP contribution is 2.46. The zero-order valence-corrected chi connectivity index (χ0v) is 21.7. The topological polar surface area (TPSA) is 94.8 Å². The minimum Gasteiger partial charge on any atom is -0.465 e. The van der Waals surface area contributed by atoms with Gasteiger partial charge in [-0.2, -0.15) is 0 Å². The molecule has 2 amide bonds. The Morgan fingerprint density at radius 2 is 1.81 bits per heavy atom. The number of hydrogen-bond acceptors (Lipinski definition) is 3. The molecule has 0 spiro atoms. The highest BCUT2D eigenvalue weighted by Gasteiger charge is 2.52. The van der Waals surface area contributed by atoms with Crippen molar-refractivity contribution in [2.45, 2.75) is 82.9 Å². The van der Waals surface area contributed by atoms with Gasteiger partial charge in [-0.3, -0.25) is 4.79 Å². The summed E-state index contributed by atoms with van der Waals surface area (Å²) in [4.78, 5) is 26.9. The Morgan fingerprint density at radius 1 is 1.14 bits per heavy atom. The summed E-state index contributed by atoms with van der Waals surface area (Å²) in [6, 6.07) is 5.30. The highest BCUT2D eigenvalue weighted by atomic mass is 35.5. The second-order valence-corrected chi connectivity index (χ2v) is 11.8. The van der Waals surface area contributed by atoms with Crippen LogP contribution in [0, 0.1) is 5.41 Å². The van der Waals surface area contributed by atoms with Gasteiger partial charge < -0.3 is 25.0 Å². The van der Waals surface area contributed by atoms with E-state index in [1.165, 1.54) is 4.90 Å². The standard InChI is InChI=1S/C26H34ClF2N3O4/c1-23(2,3)25(8-5-13-32(25)22(34)35)16-31-14-17(20-18(27)6-4-7-19(20)31)21(33)30-15-24(36)9-11-26(28,29)12-10-24/h4,6-7,14,36H,5,8-13,15-16H2,1-3H3,(H,30,33)(H,34,35)/t25-/m1/s1. The first-order valence-electron chi connectivity index (χ1n) is 12.3. The zero-order chi connectivity index (χ0) is 26.5. The maximum absolute atomic E-state index is 13.5. The largest absolute Gasteiger partial charge is 0.465 e. The third-order valence-electron chi connectivity index (χ3n) is 8.14. The molecule has 1 saturated heterocycles. The van der Waals surface area contributed by atoms with Gasteiger partial charge in [-0.05, 0) is 43.2 Å². The molecule has 2 heterocycles. The van der Waals surface area contributed by atoms with Gasteiger partial charge in [0.2, 0.25) is 5.92 Å². The quantitative estimate of drug-likeness (QED) is 0.479. The van der Waals surface area contributed by atoms with Crippen LogP contribution in [0.4, 0.5) is 13.6 Å². The zero-order valence-electron chi connectivity index (χ0n) is 20.9. The molecule has 1 saturated carbocycles. The molecule has 1 aromatic heterocycles. The van der Waals surface area contributed by atoms with Gasteiger partial charge >= 0.3 is 6.09 Å². The lowest BCUT2D eigenvalue weighted by molar-refractivity contribution is -0.101. The number of carboxylic acid groups (broad SMARTS) is 1. The monoisotopic (exact) mass is 525 g/mol. The van der Waals surface area contributed by atoms with Crippen molar-refractivity contribution < 1.29 is 28.6 Å². The van der Waals surface area contributed by atoms with Crippen LogP contribution < -0.4 is 5.32 Å². The van der Waals surface area contributed by atoms with Crippen molar-refractivity contribution in [3.05, 3.63) is 35.0 Å². The van der Waals surface area contributed by atoms with Crippen LogP contribution in [0.5, 0.6) is 0 Å². The molecule has 1 aliphatic heterocycles. The number of rotatable bonds is 5. The molecule has 36 heavy (non-hydrogen) atoms. The van der Waals surface area contributed by atoms with Crippen LogP contribution in [0.15, 0.2) is 24.4 Å². The van der Waals surface area contributed by atoms with Gasteiger partial charge in [-0.1, -0.05) is 38.4 Å². The number of aliphatic hydroxyl groups is 1. The number of likely N-dealkylation sites (tertiary alicyclic amines) is 1. The predicted molar refractivity (Wildman–Crippen MR) is 134 cm³/mol. The molecule has 0 radical (unpaired) electrons. The van der Waals surface area contributed by atoms with Crippen molar-refractivity contribution in [2.75, 3.05) is 13.1 Å². The summed E-state index contributed by atoms with van der Waals surface area (Å²) in [5.74, 6) is -3.26. The van der Waals surface area contributed by atoms with Crippen LogP contribution in [0.3, 0.4) is 0 Å². The molecular formula is C26H34ClF2N3O4. The summed E-state index contributed by atoms with van der Waals surface area (Å²) < 4.78 is 29.0. The fraction of sp³-hybridized carbons (Fsp3) is 0.615. The lowest BCUT2D eigenvalue weighted by Gasteiger charge is -2.47. The van der Waals surface area contributed by atoms with Gasteiger partial charge in [0.25, 0.3) is 5.91 Å². The van der Waals surface area contributed by atoms with Gasteiger partial charge in [0.05, 0.1) is 27.2 Å². The van der Waals surface area contributed by atoms with E-state index in [4.69, 9.17) is 11.6 Å². The normalized spacial score (nSPS) is 23.7. The van der Waals surface area contributed by atoms with Crippen LogP contribution >= 0.6 is 11.6 Å². The molecule has 1 aliphatic carbocycles. The van der Waals surface area contributed by atoms with Gasteiger partial charge in [0.15, 0.2) is 0 Å². The van der Waals surface area contributed by atoms with Crippen molar-refractivity contribution >= 4 is 34.5 Å². The smallest absolute Gasteiger partial charge is 0.407 e. The molecule has 7 nitrogen and oxygen atoms in total. The van der Waals surface area contributed by atoms with E-state index in [-0.39, 0.29) is 24.8 Å². The summed E-state index contributed by atoms with van der Waals surface area (Å²) in [6.45, 7) is 6.71.